The predicted molar refractivity (Wildman–Crippen MR) is 214 cm³/mol. The topological polar surface area (TPSA) is 122 Å². The quantitative estimate of drug-likeness (QED) is 0.149. The monoisotopic (exact) mass is 874 g/mol. The van der Waals surface area contributed by atoms with Crippen LogP contribution in [0, 0.1) is 13.8 Å². The highest BCUT2D eigenvalue weighted by Crippen LogP contribution is 2.30. The molecule has 8 rings (SSSR count). The summed E-state index contributed by atoms with van der Waals surface area (Å²) in [6.45, 7) is 9.26. The molecule has 0 unspecified atom stereocenters. The molecule has 6 aromatic heterocycles. The Labute approximate surface area is 319 Å². The summed E-state index contributed by atoms with van der Waals surface area (Å²) < 4.78 is 13.6. The van der Waals surface area contributed by atoms with Crippen LogP contribution >= 0.6 is 47.8 Å². The van der Waals surface area contributed by atoms with E-state index in [9.17, 15) is 14.8 Å². The van der Waals surface area contributed by atoms with Gasteiger partial charge in [-0.25, -0.2) is 14.8 Å². The fraction of sp³-hybridized carbons (Fsp3) is 0.162. The summed E-state index contributed by atoms with van der Waals surface area (Å²) in [4.78, 5) is 24.6. The largest absolute Gasteiger partial charge is 0.506 e. The van der Waals surface area contributed by atoms with Gasteiger partial charge in [-0.05, 0) is 124 Å². The number of nitrogens with zero attached hydrogens (tertiary/aromatic N) is 5. The van der Waals surface area contributed by atoms with E-state index in [1.807, 2.05) is 61.2 Å². The van der Waals surface area contributed by atoms with Crippen LogP contribution in [0.15, 0.2) is 111 Å². The minimum atomic E-state index is -1.74. The molecule has 260 valence electrons. The number of para-hydroxylation sites is 2. The van der Waals surface area contributed by atoms with Crippen molar-refractivity contribution in [3.8, 4) is 11.3 Å². The molecule has 0 bridgehead atoms. The summed E-state index contributed by atoms with van der Waals surface area (Å²) in [5.74, 6) is 0. The van der Waals surface area contributed by atoms with E-state index in [0.29, 0.717) is 5.52 Å². The van der Waals surface area contributed by atoms with Gasteiger partial charge in [-0.3, -0.25) is 4.57 Å². The van der Waals surface area contributed by atoms with Crippen LogP contribution in [0.4, 0.5) is 4.79 Å². The molecule has 0 amide bonds. The molecule has 0 aliphatic carbocycles. The zero-order valence-corrected chi connectivity index (χ0v) is 33.2. The summed E-state index contributed by atoms with van der Waals surface area (Å²) in [6, 6.07) is 23.2. The van der Waals surface area contributed by atoms with Crippen molar-refractivity contribution in [2.24, 2.45) is 0 Å². The first-order valence-corrected chi connectivity index (χ1v) is 18.3. The van der Waals surface area contributed by atoms with Crippen LogP contribution in [0.5, 0.6) is 0 Å². The van der Waals surface area contributed by atoms with Crippen molar-refractivity contribution in [2.75, 3.05) is 0 Å². The molecule has 0 aliphatic rings. The molecule has 0 fully saturated rings. The van der Waals surface area contributed by atoms with Gasteiger partial charge in [0.2, 0.25) is 0 Å². The SMILES string of the molecule is CC(C)(C)OC(=O)n1c(B(O)O)cc2ccccc21.Cc1cn2cc(Br)cc(-c3cc4ccccc4[nH]3)c2n1.Cc1cn2cc(Br)cc(Br)c2n1. The number of aromatic nitrogens is 6. The van der Waals surface area contributed by atoms with Crippen molar-refractivity contribution < 1.29 is 19.6 Å². The number of aryl methyl sites for hydroxylation is 2. The summed E-state index contributed by atoms with van der Waals surface area (Å²) in [5.41, 5.74) is 7.31. The molecule has 2 aromatic carbocycles. The highest BCUT2D eigenvalue weighted by atomic mass is 79.9. The Morgan fingerprint density at radius 3 is 2.02 bits per heavy atom. The number of rotatable bonds is 2. The number of pyridine rings is 2. The maximum Gasteiger partial charge on any atom is 0.506 e. The smallest absolute Gasteiger partial charge is 0.443 e. The highest BCUT2D eigenvalue weighted by Gasteiger charge is 2.26. The predicted octanol–water partition coefficient (Wildman–Crippen LogP) is 8.83. The van der Waals surface area contributed by atoms with E-state index in [4.69, 9.17) is 4.74 Å². The Kier molecular flexibility index (Phi) is 10.6. The van der Waals surface area contributed by atoms with Crippen LogP contribution in [0.25, 0.3) is 44.4 Å². The van der Waals surface area contributed by atoms with Crippen LogP contribution in [0.3, 0.4) is 0 Å². The number of nitrogens with one attached hydrogen (secondary N) is 1. The third-order valence-electron chi connectivity index (χ3n) is 7.63. The van der Waals surface area contributed by atoms with Crippen LogP contribution in [0.2, 0.25) is 0 Å². The molecule has 0 saturated heterocycles. The van der Waals surface area contributed by atoms with Gasteiger partial charge in [0.1, 0.15) is 11.2 Å². The Morgan fingerprint density at radius 1 is 0.784 bits per heavy atom. The number of ether oxygens (including phenoxy) is 1. The van der Waals surface area contributed by atoms with E-state index in [1.165, 1.54) is 9.95 Å². The molecule has 3 N–H and O–H groups in total. The van der Waals surface area contributed by atoms with Gasteiger partial charge in [0.25, 0.3) is 0 Å². The zero-order chi connectivity index (χ0) is 36.6. The van der Waals surface area contributed by atoms with E-state index in [1.54, 1.807) is 45.0 Å². The number of hydrogen-bond acceptors (Lipinski definition) is 6. The fourth-order valence-corrected chi connectivity index (χ4v) is 7.37. The number of imidazole rings is 2. The number of benzene rings is 2. The molecule has 0 atom stereocenters. The van der Waals surface area contributed by atoms with Crippen molar-refractivity contribution in [3.63, 3.8) is 0 Å². The van der Waals surface area contributed by atoms with Gasteiger partial charge in [0.15, 0.2) is 5.65 Å². The maximum atomic E-state index is 12.2. The van der Waals surface area contributed by atoms with Gasteiger partial charge in [-0.2, -0.15) is 0 Å². The lowest BCUT2D eigenvalue weighted by Crippen LogP contribution is -2.40. The van der Waals surface area contributed by atoms with Gasteiger partial charge in [-0.1, -0.05) is 36.4 Å². The van der Waals surface area contributed by atoms with Crippen LogP contribution in [-0.2, 0) is 4.74 Å². The Balaban J connectivity index is 0.000000136. The molecule has 10 nitrogen and oxygen atoms in total. The molecule has 0 spiro atoms. The first-order valence-electron chi connectivity index (χ1n) is 15.9. The molecule has 51 heavy (non-hydrogen) atoms. The lowest BCUT2D eigenvalue weighted by Gasteiger charge is -2.20. The normalized spacial score (nSPS) is 11.4. The molecular weight excluding hydrogens is 843 g/mol. The average Bonchev–Trinajstić information content (AvgIpc) is 3.83. The zero-order valence-electron chi connectivity index (χ0n) is 28.4. The van der Waals surface area contributed by atoms with E-state index in [0.717, 1.165) is 58.3 Å². The second-order valence-corrected chi connectivity index (χ2v) is 15.6. The molecule has 14 heteroatoms. The number of aromatic amines is 1. The number of halogens is 3. The molecule has 0 saturated carbocycles. The van der Waals surface area contributed by atoms with Crippen molar-refractivity contribution in [2.45, 2.75) is 40.2 Å². The third-order valence-corrected chi connectivity index (χ3v) is 9.08. The Bertz CT molecular complexity index is 2500. The molecular formula is C37H34BBr3N6O4. The van der Waals surface area contributed by atoms with Gasteiger partial charge in [0.05, 0.1) is 32.7 Å². The summed E-state index contributed by atoms with van der Waals surface area (Å²) in [6.07, 6.45) is 7.41. The number of hydrogen-bond donors (Lipinski definition) is 3. The van der Waals surface area contributed by atoms with Gasteiger partial charge in [0, 0.05) is 50.2 Å². The Hall–Kier alpha value is -4.21. The van der Waals surface area contributed by atoms with Gasteiger partial charge in [-0.15, -0.1) is 0 Å². The summed E-state index contributed by atoms with van der Waals surface area (Å²) >= 11 is 10.4. The third kappa shape index (κ3) is 8.31. The van der Waals surface area contributed by atoms with E-state index >= 15 is 0 Å². The van der Waals surface area contributed by atoms with E-state index < -0.39 is 18.8 Å². The Morgan fingerprint density at radius 2 is 1.37 bits per heavy atom. The van der Waals surface area contributed by atoms with Crippen LogP contribution in [-0.4, -0.2) is 57.2 Å². The summed E-state index contributed by atoms with van der Waals surface area (Å²) in [7, 11) is -1.74. The number of H-pyrrole nitrogens is 1. The van der Waals surface area contributed by atoms with E-state index in [-0.39, 0.29) is 5.59 Å². The molecule has 8 aromatic rings. The summed E-state index contributed by atoms with van der Waals surface area (Å²) in [5, 5.41) is 20.7. The lowest BCUT2D eigenvalue weighted by molar-refractivity contribution is 0.0547. The lowest BCUT2D eigenvalue weighted by atomic mass is 9.86. The van der Waals surface area contributed by atoms with Gasteiger partial charge < -0.3 is 28.6 Å². The maximum absolute atomic E-state index is 12.2. The average molecular weight is 877 g/mol. The van der Waals surface area contributed by atoms with Crippen molar-refractivity contribution in [1.82, 2.24) is 28.3 Å². The number of fused-ring (bicyclic) bond motifs is 4. The first-order chi connectivity index (χ1) is 24.2. The van der Waals surface area contributed by atoms with Crippen LogP contribution in [0.1, 0.15) is 32.2 Å². The fourth-order valence-electron chi connectivity index (χ4n) is 5.63. The minimum Gasteiger partial charge on any atom is -0.443 e. The van der Waals surface area contributed by atoms with Crippen LogP contribution < -0.4 is 5.59 Å². The second kappa shape index (κ2) is 14.8. The number of carbonyl (C=O) groups excluding carboxylic acids is 1. The standard InChI is InChI=1S/C16H12BrN3.C13H16BNO4.C8H6Br2N2/c1-10-8-20-9-12(17)7-13(16(20)18-10)15-6-11-4-2-3-5-14(11)19-15;1-13(2,3)19-12(16)15-10-7-5-4-6-9(10)8-11(15)14(17)18;1-5-3-12-4-6(9)2-7(10)8(12)11-5/h2-9,19H,1H3;4-8,17-18H,1-3H3;2-4H,1H3. The van der Waals surface area contributed by atoms with Gasteiger partial charge >= 0.3 is 13.2 Å². The molecule has 0 aliphatic heterocycles. The van der Waals surface area contributed by atoms with Crippen molar-refractivity contribution in [1.29, 1.82) is 0 Å². The second-order valence-electron chi connectivity index (χ2n) is 12.9. The van der Waals surface area contributed by atoms with E-state index in [2.05, 4.69) is 97.5 Å². The molecule has 6 heterocycles. The van der Waals surface area contributed by atoms with Crippen molar-refractivity contribution in [3.05, 3.63) is 122 Å². The van der Waals surface area contributed by atoms with Crippen molar-refractivity contribution >= 4 is 99.7 Å². The minimum absolute atomic E-state index is 0.0930. The first kappa shape index (κ1) is 36.6. The highest BCUT2D eigenvalue weighted by molar-refractivity contribution is 9.11. The molecule has 0 radical (unpaired) electrons. The number of carbonyl (C=O) groups is 1.